The van der Waals surface area contributed by atoms with Crippen LogP contribution in [0, 0.1) is 6.92 Å². The Bertz CT molecular complexity index is 604. The van der Waals surface area contributed by atoms with Crippen molar-refractivity contribution < 1.29 is 0 Å². The van der Waals surface area contributed by atoms with E-state index in [4.69, 9.17) is 11.6 Å². The molecular formula is C14H19ClN4S. The Labute approximate surface area is 128 Å². The highest BCUT2D eigenvalue weighted by Gasteiger charge is 2.21. The Morgan fingerprint density at radius 1 is 1.25 bits per heavy atom. The molecule has 1 aliphatic rings. The molecule has 6 heteroatoms. The van der Waals surface area contributed by atoms with E-state index in [0.29, 0.717) is 5.28 Å². The van der Waals surface area contributed by atoms with E-state index in [1.165, 1.54) is 17.8 Å². The zero-order chi connectivity index (χ0) is 14.1. The molecule has 0 aliphatic carbocycles. The normalized spacial score (nSPS) is 17.1. The maximum absolute atomic E-state index is 6.08. The summed E-state index contributed by atoms with van der Waals surface area (Å²) in [5.41, 5.74) is 0. The molecule has 1 aliphatic heterocycles. The summed E-state index contributed by atoms with van der Waals surface area (Å²) in [6, 6.07) is 2.17. The minimum Gasteiger partial charge on any atom is -0.353 e. The van der Waals surface area contributed by atoms with E-state index in [0.717, 1.165) is 42.2 Å². The number of thiophene rings is 1. The third kappa shape index (κ3) is 2.75. The fourth-order valence-corrected chi connectivity index (χ4v) is 3.83. The van der Waals surface area contributed by atoms with Crippen LogP contribution in [0.3, 0.4) is 0 Å². The summed E-state index contributed by atoms with van der Waals surface area (Å²) in [4.78, 5) is 15.9. The van der Waals surface area contributed by atoms with Gasteiger partial charge >= 0.3 is 0 Å². The highest BCUT2D eigenvalue weighted by atomic mass is 35.5. The van der Waals surface area contributed by atoms with Crippen LogP contribution in [0.4, 0.5) is 5.82 Å². The first-order chi connectivity index (χ1) is 9.67. The van der Waals surface area contributed by atoms with E-state index in [1.54, 1.807) is 11.3 Å². The van der Waals surface area contributed by atoms with E-state index in [-0.39, 0.29) is 0 Å². The van der Waals surface area contributed by atoms with Crippen molar-refractivity contribution >= 4 is 39.0 Å². The zero-order valence-electron chi connectivity index (χ0n) is 11.9. The maximum atomic E-state index is 6.08. The maximum Gasteiger partial charge on any atom is 0.225 e. The first kappa shape index (κ1) is 14.0. The third-order valence-electron chi connectivity index (χ3n) is 3.68. The number of piperazine rings is 1. The molecular weight excluding hydrogens is 292 g/mol. The molecule has 0 amide bonds. The Kier molecular flexibility index (Phi) is 4.10. The van der Waals surface area contributed by atoms with Crippen LogP contribution in [-0.4, -0.2) is 47.6 Å². The quantitative estimate of drug-likeness (QED) is 0.815. The summed E-state index contributed by atoms with van der Waals surface area (Å²) in [5.74, 6) is 1.00. The first-order valence-electron chi connectivity index (χ1n) is 7.08. The molecule has 1 saturated heterocycles. The Morgan fingerprint density at radius 2 is 2.00 bits per heavy atom. The molecule has 0 radical (unpaired) electrons. The van der Waals surface area contributed by atoms with Crippen LogP contribution in [0.15, 0.2) is 6.07 Å². The molecule has 108 valence electrons. The minimum atomic E-state index is 0.352. The summed E-state index contributed by atoms with van der Waals surface area (Å²) in [6.07, 6.45) is 1.22. The number of aryl methyl sites for hydroxylation is 1. The van der Waals surface area contributed by atoms with Gasteiger partial charge in [-0.2, -0.15) is 4.98 Å². The second-order valence-electron chi connectivity index (χ2n) is 5.22. The van der Waals surface area contributed by atoms with Gasteiger partial charge in [0, 0.05) is 31.1 Å². The van der Waals surface area contributed by atoms with Crippen molar-refractivity contribution in [3.63, 3.8) is 0 Å². The number of aromatic nitrogens is 2. The van der Waals surface area contributed by atoms with Crippen LogP contribution < -0.4 is 4.90 Å². The average molecular weight is 311 g/mol. The molecule has 2 aromatic heterocycles. The average Bonchev–Trinajstić information content (AvgIpc) is 2.79. The van der Waals surface area contributed by atoms with E-state index in [2.05, 4.69) is 39.7 Å². The van der Waals surface area contributed by atoms with Crippen molar-refractivity contribution in [3.05, 3.63) is 16.2 Å². The number of hydrogen-bond acceptors (Lipinski definition) is 5. The van der Waals surface area contributed by atoms with E-state index < -0.39 is 0 Å². The lowest BCUT2D eigenvalue weighted by Crippen LogP contribution is -2.46. The second-order valence-corrected chi connectivity index (χ2v) is 6.79. The highest BCUT2D eigenvalue weighted by Crippen LogP contribution is 2.32. The van der Waals surface area contributed by atoms with E-state index in [1.807, 2.05) is 0 Å². The zero-order valence-corrected chi connectivity index (χ0v) is 13.5. The summed E-state index contributed by atoms with van der Waals surface area (Å²) >= 11 is 7.76. The fourth-order valence-electron chi connectivity index (χ4n) is 2.74. The van der Waals surface area contributed by atoms with E-state index >= 15 is 0 Å². The number of halogens is 1. The van der Waals surface area contributed by atoms with Gasteiger partial charge in [-0.05, 0) is 37.6 Å². The highest BCUT2D eigenvalue weighted by molar-refractivity contribution is 7.18. The summed E-state index contributed by atoms with van der Waals surface area (Å²) in [6.45, 7) is 9.73. The van der Waals surface area contributed by atoms with Crippen LogP contribution in [0.25, 0.3) is 10.2 Å². The lowest BCUT2D eigenvalue weighted by molar-refractivity contribution is 0.258. The third-order valence-corrected chi connectivity index (χ3v) is 4.79. The lowest BCUT2D eigenvalue weighted by Gasteiger charge is -2.35. The van der Waals surface area contributed by atoms with Crippen molar-refractivity contribution in [2.24, 2.45) is 0 Å². The number of rotatable bonds is 3. The van der Waals surface area contributed by atoms with Gasteiger partial charge in [-0.25, -0.2) is 4.98 Å². The van der Waals surface area contributed by atoms with Crippen molar-refractivity contribution in [1.29, 1.82) is 0 Å². The van der Waals surface area contributed by atoms with Gasteiger partial charge in [0.2, 0.25) is 5.28 Å². The minimum absolute atomic E-state index is 0.352. The fraction of sp³-hybridized carbons (Fsp3) is 0.571. The van der Waals surface area contributed by atoms with Gasteiger partial charge in [0.25, 0.3) is 0 Å². The summed E-state index contributed by atoms with van der Waals surface area (Å²) in [7, 11) is 0. The predicted octanol–water partition coefficient (Wildman–Crippen LogP) is 3.19. The van der Waals surface area contributed by atoms with Gasteiger partial charge in [0.1, 0.15) is 10.6 Å². The van der Waals surface area contributed by atoms with Crippen molar-refractivity contribution in [3.8, 4) is 0 Å². The van der Waals surface area contributed by atoms with E-state index in [9.17, 15) is 0 Å². The molecule has 1 fully saturated rings. The van der Waals surface area contributed by atoms with Gasteiger partial charge in [0.15, 0.2) is 0 Å². The molecule has 3 heterocycles. The number of fused-ring (bicyclic) bond motifs is 1. The second kappa shape index (κ2) is 5.84. The molecule has 20 heavy (non-hydrogen) atoms. The van der Waals surface area contributed by atoms with Crippen molar-refractivity contribution in [2.75, 3.05) is 37.6 Å². The number of hydrogen-bond donors (Lipinski definition) is 0. The van der Waals surface area contributed by atoms with Gasteiger partial charge in [-0.3, -0.25) is 4.90 Å². The van der Waals surface area contributed by atoms with Crippen LogP contribution >= 0.6 is 22.9 Å². The van der Waals surface area contributed by atoms with Gasteiger partial charge in [-0.1, -0.05) is 6.92 Å². The van der Waals surface area contributed by atoms with Gasteiger partial charge < -0.3 is 4.90 Å². The van der Waals surface area contributed by atoms with Gasteiger partial charge in [-0.15, -0.1) is 11.3 Å². The molecule has 4 nitrogen and oxygen atoms in total. The Hall–Kier alpha value is -0.910. The Balaban J connectivity index is 1.87. The molecule has 0 N–H and O–H groups in total. The predicted molar refractivity (Wildman–Crippen MR) is 86.1 cm³/mol. The van der Waals surface area contributed by atoms with Crippen LogP contribution in [0.2, 0.25) is 5.28 Å². The van der Waals surface area contributed by atoms with Crippen molar-refractivity contribution in [1.82, 2.24) is 14.9 Å². The molecule has 0 bridgehead atoms. The van der Waals surface area contributed by atoms with Gasteiger partial charge in [0.05, 0.1) is 5.39 Å². The molecule has 3 rings (SSSR count). The molecule has 0 aromatic carbocycles. The molecule has 0 atom stereocenters. The Morgan fingerprint density at radius 3 is 2.70 bits per heavy atom. The first-order valence-corrected chi connectivity index (χ1v) is 8.28. The summed E-state index contributed by atoms with van der Waals surface area (Å²) in [5, 5.41) is 1.49. The van der Waals surface area contributed by atoms with Crippen LogP contribution in [0.5, 0.6) is 0 Å². The standard InChI is InChI=1S/C14H19ClN4S/c1-3-4-18-5-7-19(8-6-18)12-11-9-10(2)20-13(11)17-14(15)16-12/h9H,3-8H2,1-2H3. The summed E-state index contributed by atoms with van der Waals surface area (Å²) < 4.78 is 0. The largest absolute Gasteiger partial charge is 0.353 e. The molecule has 0 spiro atoms. The smallest absolute Gasteiger partial charge is 0.225 e. The SMILES string of the molecule is CCCN1CCN(c2nc(Cl)nc3sc(C)cc23)CC1. The topological polar surface area (TPSA) is 32.3 Å². The van der Waals surface area contributed by atoms with Crippen LogP contribution in [0.1, 0.15) is 18.2 Å². The molecule has 0 saturated carbocycles. The lowest BCUT2D eigenvalue weighted by atomic mass is 10.2. The number of anilines is 1. The molecule has 2 aromatic rings. The number of nitrogens with zero attached hydrogens (tertiary/aromatic N) is 4. The molecule has 0 unspecified atom stereocenters. The van der Waals surface area contributed by atoms with Crippen LogP contribution in [-0.2, 0) is 0 Å². The monoisotopic (exact) mass is 310 g/mol. The van der Waals surface area contributed by atoms with Crippen molar-refractivity contribution in [2.45, 2.75) is 20.3 Å².